The van der Waals surface area contributed by atoms with Crippen LogP contribution in [-0.4, -0.2) is 15.4 Å². The minimum atomic E-state index is 0.0551. The van der Waals surface area contributed by atoms with Gasteiger partial charge in [-0.2, -0.15) is 0 Å². The molecule has 1 aliphatic carbocycles. The minimum absolute atomic E-state index is 0.0551. The second kappa shape index (κ2) is 3.82. The molecule has 0 bridgehead atoms. The molecule has 1 aromatic rings. The van der Waals surface area contributed by atoms with E-state index in [1.54, 1.807) is 6.33 Å². The molecule has 0 aromatic carbocycles. The summed E-state index contributed by atoms with van der Waals surface area (Å²) in [6, 6.07) is 0.573. The van der Waals surface area contributed by atoms with Crippen LogP contribution in [-0.2, 0) is 0 Å². The molecule has 1 saturated carbocycles. The maximum absolute atomic E-state index is 7.26. The molecule has 76 valence electrons. The van der Waals surface area contributed by atoms with Crippen LogP contribution in [0.1, 0.15) is 43.8 Å². The highest BCUT2D eigenvalue weighted by atomic mass is 15.1. The lowest BCUT2D eigenvalue weighted by molar-refractivity contribution is 0.353. The number of nitrogens with zero attached hydrogens (tertiary/aromatic N) is 2. The van der Waals surface area contributed by atoms with Crippen LogP contribution in [0, 0.1) is 5.41 Å². The van der Waals surface area contributed by atoms with Crippen molar-refractivity contribution >= 4 is 5.84 Å². The second-order valence-corrected chi connectivity index (χ2v) is 3.91. The lowest BCUT2D eigenvalue weighted by Gasteiger charge is -2.22. The van der Waals surface area contributed by atoms with Crippen LogP contribution >= 0.6 is 0 Å². The Bertz CT molecular complexity index is 323. The van der Waals surface area contributed by atoms with Crippen molar-refractivity contribution in [3.8, 4) is 0 Å². The van der Waals surface area contributed by atoms with E-state index in [1.165, 1.54) is 32.1 Å². The van der Waals surface area contributed by atoms with Crippen molar-refractivity contribution < 1.29 is 0 Å². The van der Waals surface area contributed by atoms with Gasteiger partial charge >= 0.3 is 0 Å². The summed E-state index contributed by atoms with van der Waals surface area (Å²) in [7, 11) is 0. The van der Waals surface area contributed by atoms with Gasteiger partial charge in [-0.05, 0) is 12.8 Å². The molecule has 0 atom stereocenters. The minimum Gasteiger partial charge on any atom is -0.382 e. The van der Waals surface area contributed by atoms with Gasteiger partial charge in [-0.3, -0.25) is 5.41 Å². The number of rotatable bonds is 2. The smallest absolute Gasteiger partial charge is 0.143 e. The summed E-state index contributed by atoms with van der Waals surface area (Å²) in [5.41, 5.74) is 5.96. The highest BCUT2D eigenvalue weighted by Crippen LogP contribution is 2.27. The predicted octanol–water partition coefficient (Wildman–Crippen LogP) is 1.67. The average molecular weight is 192 g/mol. The largest absolute Gasteiger partial charge is 0.382 e. The first-order valence-corrected chi connectivity index (χ1v) is 5.15. The first-order chi connectivity index (χ1) is 6.77. The van der Waals surface area contributed by atoms with E-state index in [-0.39, 0.29) is 5.84 Å². The van der Waals surface area contributed by atoms with E-state index in [0.29, 0.717) is 11.7 Å². The van der Waals surface area contributed by atoms with Gasteiger partial charge in [0.25, 0.3) is 0 Å². The summed E-state index contributed by atoms with van der Waals surface area (Å²) in [5, 5.41) is 7.26. The van der Waals surface area contributed by atoms with Gasteiger partial charge in [0.2, 0.25) is 0 Å². The summed E-state index contributed by atoms with van der Waals surface area (Å²) in [6.07, 6.45) is 10.1. The number of nitrogen functional groups attached to an aromatic ring is 1. The van der Waals surface area contributed by atoms with Gasteiger partial charge in [0.15, 0.2) is 0 Å². The van der Waals surface area contributed by atoms with Crippen LogP contribution < -0.4 is 5.73 Å². The van der Waals surface area contributed by atoms with Crippen molar-refractivity contribution in [3.63, 3.8) is 0 Å². The monoisotopic (exact) mass is 192 g/mol. The normalized spacial score (nSPS) is 18.3. The van der Waals surface area contributed by atoms with Crippen molar-refractivity contribution in [1.82, 2.24) is 9.55 Å². The molecule has 2 rings (SSSR count). The molecule has 0 aliphatic heterocycles. The maximum atomic E-state index is 7.26. The molecular formula is C10H16N4. The number of amidine groups is 1. The Kier molecular flexibility index (Phi) is 2.52. The fraction of sp³-hybridized carbons (Fsp3) is 0.600. The van der Waals surface area contributed by atoms with Crippen molar-refractivity contribution in [2.45, 2.75) is 38.1 Å². The highest BCUT2D eigenvalue weighted by molar-refractivity contribution is 5.92. The Balaban J connectivity index is 2.11. The van der Waals surface area contributed by atoms with E-state index >= 15 is 0 Å². The zero-order valence-corrected chi connectivity index (χ0v) is 8.24. The third-order valence-corrected chi connectivity index (χ3v) is 2.87. The van der Waals surface area contributed by atoms with Crippen LogP contribution in [0.25, 0.3) is 0 Å². The molecule has 1 heterocycles. The third-order valence-electron chi connectivity index (χ3n) is 2.87. The zero-order valence-electron chi connectivity index (χ0n) is 8.24. The van der Waals surface area contributed by atoms with Gasteiger partial charge in [0.1, 0.15) is 11.5 Å². The highest BCUT2D eigenvalue weighted by Gasteiger charge is 2.15. The Morgan fingerprint density at radius 3 is 2.71 bits per heavy atom. The van der Waals surface area contributed by atoms with Crippen LogP contribution in [0.3, 0.4) is 0 Å². The molecule has 0 amide bonds. The van der Waals surface area contributed by atoms with Gasteiger partial charge in [0, 0.05) is 12.2 Å². The van der Waals surface area contributed by atoms with Gasteiger partial charge in [-0.25, -0.2) is 4.98 Å². The van der Waals surface area contributed by atoms with E-state index in [4.69, 9.17) is 11.1 Å². The van der Waals surface area contributed by atoms with Crippen LogP contribution in [0.4, 0.5) is 0 Å². The first-order valence-electron chi connectivity index (χ1n) is 5.15. The summed E-state index contributed by atoms with van der Waals surface area (Å²) in [5.74, 6) is 0.0551. The molecule has 0 spiro atoms. The molecule has 0 radical (unpaired) electrons. The number of nitrogens with one attached hydrogen (secondary N) is 1. The van der Waals surface area contributed by atoms with E-state index in [1.807, 2.05) is 6.20 Å². The van der Waals surface area contributed by atoms with Crippen molar-refractivity contribution in [1.29, 1.82) is 5.41 Å². The summed E-state index contributed by atoms with van der Waals surface area (Å²) >= 11 is 0. The third kappa shape index (κ3) is 1.78. The number of aromatic nitrogens is 2. The fourth-order valence-electron chi connectivity index (χ4n) is 2.05. The standard InChI is InChI=1S/C10H16N4/c11-10(12)9-6-14(7-13-9)8-4-2-1-3-5-8/h6-8H,1-5H2,(H3,11,12). The average Bonchev–Trinajstić information content (AvgIpc) is 2.68. The Hall–Kier alpha value is -1.32. The summed E-state index contributed by atoms with van der Waals surface area (Å²) in [4.78, 5) is 4.10. The molecule has 0 unspecified atom stereocenters. The molecule has 1 fully saturated rings. The quantitative estimate of drug-likeness (QED) is 0.553. The number of nitrogens with two attached hydrogens (primary N) is 1. The molecular weight excluding hydrogens is 176 g/mol. The van der Waals surface area contributed by atoms with Crippen molar-refractivity contribution in [3.05, 3.63) is 18.2 Å². The second-order valence-electron chi connectivity index (χ2n) is 3.91. The number of imidazole rings is 1. The van der Waals surface area contributed by atoms with E-state index in [9.17, 15) is 0 Å². The van der Waals surface area contributed by atoms with Crippen LogP contribution in [0.15, 0.2) is 12.5 Å². The lowest BCUT2D eigenvalue weighted by atomic mass is 9.95. The number of hydrogen-bond donors (Lipinski definition) is 2. The Labute approximate surface area is 83.6 Å². The van der Waals surface area contributed by atoms with E-state index in [0.717, 1.165) is 0 Å². The van der Waals surface area contributed by atoms with Crippen LogP contribution in [0.2, 0.25) is 0 Å². The van der Waals surface area contributed by atoms with Gasteiger partial charge in [-0.1, -0.05) is 19.3 Å². The SMILES string of the molecule is N=C(N)c1cn(C2CCCCC2)cn1. The number of hydrogen-bond acceptors (Lipinski definition) is 2. The predicted molar refractivity (Wildman–Crippen MR) is 55.4 cm³/mol. The Morgan fingerprint density at radius 1 is 1.43 bits per heavy atom. The summed E-state index contributed by atoms with van der Waals surface area (Å²) in [6.45, 7) is 0. The van der Waals surface area contributed by atoms with Gasteiger partial charge in [0.05, 0.1) is 6.33 Å². The van der Waals surface area contributed by atoms with E-state index < -0.39 is 0 Å². The molecule has 4 nitrogen and oxygen atoms in total. The summed E-state index contributed by atoms with van der Waals surface area (Å²) < 4.78 is 2.11. The van der Waals surface area contributed by atoms with Gasteiger partial charge in [-0.15, -0.1) is 0 Å². The topological polar surface area (TPSA) is 67.7 Å². The molecule has 4 heteroatoms. The van der Waals surface area contributed by atoms with Crippen LogP contribution in [0.5, 0.6) is 0 Å². The molecule has 3 N–H and O–H groups in total. The molecule has 14 heavy (non-hydrogen) atoms. The first kappa shape index (κ1) is 9.24. The fourth-order valence-corrected chi connectivity index (χ4v) is 2.05. The molecule has 1 aromatic heterocycles. The van der Waals surface area contributed by atoms with Crippen molar-refractivity contribution in [2.24, 2.45) is 5.73 Å². The Morgan fingerprint density at radius 2 is 2.14 bits per heavy atom. The zero-order chi connectivity index (χ0) is 9.97. The maximum Gasteiger partial charge on any atom is 0.143 e. The van der Waals surface area contributed by atoms with Crippen molar-refractivity contribution in [2.75, 3.05) is 0 Å². The van der Waals surface area contributed by atoms with E-state index in [2.05, 4.69) is 9.55 Å². The molecule has 1 aliphatic rings. The lowest BCUT2D eigenvalue weighted by Crippen LogP contribution is -2.13. The molecule has 0 saturated heterocycles. The van der Waals surface area contributed by atoms with Gasteiger partial charge < -0.3 is 10.3 Å².